The van der Waals surface area contributed by atoms with E-state index >= 15 is 0 Å². The van der Waals surface area contributed by atoms with Gasteiger partial charge in [-0.3, -0.25) is 4.79 Å². The third-order valence-electron chi connectivity index (χ3n) is 5.21. The Labute approximate surface area is 175 Å². The van der Waals surface area contributed by atoms with E-state index in [4.69, 9.17) is 4.74 Å². The third kappa shape index (κ3) is 7.19. The van der Waals surface area contributed by atoms with Crippen LogP contribution in [0.2, 0.25) is 0 Å². The molecular formula is C25H35NO3. The monoisotopic (exact) mass is 397 g/mol. The van der Waals surface area contributed by atoms with Crippen molar-refractivity contribution in [1.82, 2.24) is 5.32 Å². The van der Waals surface area contributed by atoms with Crippen LogP contribution in [0, 0.1) is 5.41 Å². The van der Waals surface area contributed by atoms with E-state index in [0.29, 0.717) is 5.56 Å². The molecule has 1 aliphatic rings. The number of ketones is 1. The SMILES string of the molecule is CC1=C(C=Cc2cccc(C(=O)CCNC(=O)OC(C)(C)C)c2)C(C)(C)CCC1. The average molecular weight is 398 g/mol. The van der Waals surface area contributed by atoms with Crippen LogP contribution in [0.5, 0.6) is 0 Å². The maximum atomic E-state index is 12.5. The molecule has 4 heteroatoms. The van der Waals surface area contributed by atoms with Crippen LogP contribution in [-0.4, -0.2) is 24.0 Å². The minimum Gasteiger partial charge on any atom is -0.444 e. The predicted octanol–water partition coefficient (Wildman–Crippen LogP) is 6.32. The number of hydrogen-bond donors (Lipinski definition) is 1. The fraction of sp³-hybridized carbons (Fsp3) is 0.520. The average Bonchev–Trinajstić information content (AvgIpc) is 2.59. The van der Waals surface area contributed by atoms with Gasteiger partial charge in [0.05, 0.1) is 0 Å². The smallest absolute Gasteiger partial charge is 0.407 e. The molecule has 2 rings (SSSR count). The van der Waals surface area contributed by atoms with Crippen LogP contribution in [0.3, 0.4) is 0 Å². The normalized spacial score (nSPS) is 16.8. The second-order valence-corrected chi connectivity index (χ2v) is 9.49. The maximum absolute atomic E-state index is 12.5. The van der Waals surface area contributed by atoms with Crippen LogP contribution >= 0.6 is 0 Å². The van der Waals surface area contributed by atoms with Crippen molar-refractivity contribution in [3.8, 4) is 0 Å². The van der Waals surface area contributed by atoms with Crippen LogP contribution in [0.25, 0.3) is 6.08 Å². The third-order valence-corrected chi connectivity index (χ3v) is 5.21. The zero-order chi connectivity index (χ0) is 21.7. The summed E-state index contributed by atoms with van der Waals surface area (Å²) in [7, 11) is 0. The van der Waals surface area contributed by atoms with Gasteiger partial charge < -0.3 is 10.1 Å². The molecular weight excluding hydrogens is 362 g/mol. The van der Waals surface area contributed by atoms with E-state index < -0.39 is 11.7 Å². The van der Waals surface area contributed by atoms with Gasteiger partial charge in [-0.25, -0.2) is 4.79 Å². The maximum Gasteiger partial charge on any atom is 0.407 e. The Kier molecular flexibility index (Phi) is 7.45. The number of rotatable bonds is 6. The molecule has 0 bridgehead atoms. The predicted molar refractivity (Wildman–Crippen MR) is 119 cm³/mol. The minimum atomic E-state index is -0.546. The second-order valence-electron chi connectivity index (χ2n) is 9.49. The Morgan fingerprint density at radius 2 is 1.93 bits per heavy atom. The van der Waals surface area contributed by atoms with Crippen LogP contribution in [-0.2, 0) is 4.74 Å². The lowest BCUT2D eigenvalue weighted by Crippen LogP contribution is -2.33. The van der Waals surface area contributed by atoms with E-state index in [0.717, 1.165) is 12.0 Å². The second kappa shape index (κ2) is 9.43. The van der Waals surface area contributed by atoms with Crippen molar-refractivity contribution in [2.24, 2.45) is 5.41 Å². The van der Waals surface area contributed by atoms with E-state index in [1.54, 1.807) is 0 Å². The Hall–Kier alpha value is -2.36. The van der Waals surface area contributed by atoms with Gasteiger partial charge in [-0.05, 0) is 69.6 Å². The Bertz CT molecular complexity index is 810. The van der Waals surface area contributed by atoms with E-state index in [-0.39, 0.29) is 24.2 Å². The topological polar surface area (TPSA) is 55.4 Å². The number of Topliss-reactive ketones (excluding diaryl/α,β-unsaturated/α-hetero) is 1. The Morgan fingerprint density at radius 1 is 1.21 bits per heavy atom. The lowest BCUT2D eigenvalue weighted by atomic mass is 9.72. The van der Waals surface area contributed by atoms with Gasteiger partial charge in [0, 0.05) is 18.5 Å². The molecule has 29 heavy (non-hydrogen) atoms. The summed E-state index contributed by atoms with van der Waals surface area (Å²) in [5.74, 6) is 0.00435. The highest BCUT2D eigenvalue weighted by Crippen LogP contribution is 2.40. The molecule has 0 saturated carbocycles. The molecule has 1 N–H and O–H groups in total. The molecule has 0 radical (unpaired) electrons. The first-order valence-electron chi connectivity index (χ1n) is 10.5. The molecule has 1 aromatic carbocycles. The number of nitrogens with one attached hydrogen (secondary N) is 1. The van der Waals surface area contributed by atoms with Crippen molar-refractivity contribution in [3.05, 3.63) is 52.6 Å². The van der Waals surface area contributed by atoms with Crippen LogP contribution in [0.15, 0.2) is 41.5 Å². The summed E-state index contributed by atoms with van der Waals surface area (Å²) in [4.78, 5) is 24.2. The van der Waals surface area contributed by atoms with E-state index in [9.17, 15) is 9.59 Å². The summed E-state index contributed by atoms with van der Waals surface area (Å²) in [6, 6.07) is 7.65. The Balaban J connectivity index is 1.98. The van der Waals surface area contributed by atoms with Crippen LogP contribution in [0.1, 0.15) is 83.1 Å². The van der Waals surface area contributed by atoms with Gasteiger partial charge in [0.15, 0.2) is 5.78 Å². The van der Waals surface area contributed by atoms with Gasteiger partial charge >= 0.3 is 6.09 Å². The molecule has 1 amide bonds. The molecule has 0 unspecified atom stereocenters. The molecule has 0 spiro atoms. The molecule has 1 aromatic rings. The minimum absolute atomic E-state index is 0.00435. The summed E-state index contributed by atoms with van der Waals surface area (Å²) in [6.45, 7) is 12.5. The quantitative estimate of drug-likeness (QED) is 0.571. The lowest BCUT2D eigenvalue weighted by Gasteiger charge is -2.32. The molecule has 0 fully saturated rings. The van der Waals surface area contributed by atoms with Gasteiger partial charge in [-0.1, -0.05) is 49.8 Å². The summed E-state index contributed by atoms with van der Waals surface area (Å²) >= 11 is 0. The van der Waals surface area contributed by atoms with E-state index in [1.807, 2.05) is 45.0 Å². The van der Waals surface area contributed by atoms with Gasteiger partial charge in [0.1, 0.15) is 5.60 Å². The van der Waals surface area contributed by atoms with E-state index in [1.165, 1.54) is 24.0 Å². The molecule has 0 atom stereocenters. The molecule has 0 aliphatic heterocycles. The van der Waals surface area contributed by atoms with Gasteiger partial charge in [-0.15, -0.1) is 0 Å². The first kappa shape index (κ1) is 22.9. The number of allylic oxidation sites excluding steroid dienone is 3. The first-order chi connectivity index (χ1) is 13.5. The number of hydrogen-bond acceptors (Lipinski definition) is 3. The van der Waals surface area contributed by atoms with Crippen molar-refractivity contribution in [1.29, 1.82) is 0 Å². The zero-order valence-electron chi connectivity index (χ0n) is 18.7. The molecule has 0 heterocycles. The molecule has 0 saturated heterocycles. The van der Waals surface area contributed by atoms with Crippen molar-refractivity contribution >= 4 is 18.0 Å². The number of benzene rings is 1. The van der Waals surface area contributed by atoms with Gasteiger partial charge in [-0.2, -0.15) is 0 Å². The summed E-state index contributed by atoms with van der Waals surface area (Å²) in [5, 5.41) is 2.63. The molecule has 4 nitrogen and oxygen atoms in total. The zero-order valence-corrected chi connectivity index (χ0v) is 18.7. The summed E-state index contributed by atoms with van der Waals surface area (Å²) in [5.41, 5.74) is 4.18. The molecule has 1 aliphatic carbocycles. The van der Waals surface area contributed by atoms with Crippen molar-refractivity contribution in [3.63, 3.8) is 0 Å². The number of ether oxygens (including phenoxy) is 1. The van der Waals surface area contributed by atoms with Crippen molar-refractivity contribution in [2.45, 2.75) is 72.8 Å². The van der Waals surface area contributed by atoms with Crippen molar-refractivity contribution in [2.75, 3.05) is 6.54 Å². The van der Waals surface area contributed by atoms with Gasteiger partial charge in [0.25, 0.3) is 0 Å². The fourth-order valence-corrected chi connectivity index (χ4v) is 3.74. The van der Waals surface area contributed by atoms with Crippen molar-refractivity contribution < 1.29 is 14.3 Å². The van der Waals surface area contributed by atoms with Crippen LogP contribution in [0.4, 0.5) is 4.79 Å². The number of alkyl carbamates (subject to hydrolysis) is 1. The largest absolute Gasteiger partial charge is 0.444 e. The molecule has 158 valence electrons. The Morgan fingerprint density at radius 3 is 2.59 bits per heavy atom. The fourth-order valence-electron chi connectivity index (χ4n) is 3.74. The standard InChI is InChI=1S/C25H35NO3/c1-18-9-8-15-25(5,6)21(18)13-12-19-10-7-11-20(17-19)22(27)14-16-26-23(28)29-24(2,3)4/h7,10-13,17H,8-9,14-16H2,1-6H3,(H,26,28). The highest BCUT2D eigenvalue weighted by Gasteiger charge is 2.26. The highest BCUT2D eigenvalue weighted by atomic mass is 16.6. The first-order valence-corrected chi connectivity index (χ1v) is 10.5. The van der Waals surface area contributed by atoms with Gasteiger partial charge in [0.2, 0.25) is 0 Å². The molecule has 0 aromatic heterocycles. The van der Waals surface area contributed by atoms with Crippen LogP contribution < -0.4 is 5.32 Å². The summed E-state index contributed by atoms with van der Waals surface area (Å²) in [6.07, 6.45) is 7.66. The van der Waals surface area contributed by atoms with E-state index in [2.05, 4.69) is 38.2 Å². The number of carbonyl (C=O) groups is 2. The number of amides is 1. The number of carbonyl (C=O) groups excluding carboxylic acids is 2. The highest BCUT2D eigenvalue weighted by molar-refractivity contribution is 5.96. The lowest BCUT2D eigenvalue weighted by molar-refractivity contribution is 0.0527. The summed E-state index contributed by atoms with van der Waals surface area (Å²) < 4.78 is 5.18.